The van der Waals surface area contributed by atoms with Crippen LogP contribution in [0.15, 0.2) is 0 Å². The molecule has 1 aromatic rings. The highest BCUT2D eigenvalue weighted by atomic mass is 32.1. The van der Waals surface area contributed by atoms with Gasteiger partial charge in [-0.2, -0.15) is 0 Å². The summed E-state index contributed by atoms with van der Waals surface area (Å²) < 4.78 is 10.7. The second kappa shape index (κ2) is 6.10. The van der Waals surface area contributed by atoms with Crippen LogP contribution in [0.3, 0.4) is 0 Å². The Labute approximate surface area is 123 Å². The molecule has 0 saturated carbocycles. The Kier molecular flexibility index (Phi) is 4.65. The second-order valence-corrected chi connectivity index (χ2v) is 6.79. The van der Waals surface area contributed by atoms with Crippen molar-refractivity contribution in [1.82, 2.24) is 4.98 Å². The molecule has 1 saturated heterocycles. The summed E-state index contributed by atoms with van der Waals surface area (Å²) in [6.45, 7) is 8.99. The van der Waals surface area contributed by atoms with Crippen molar-refractivity contribution < 1.29 is 14.3 Å². The molecular weight excluding hydrogens is 276 g/mol. The summed E-state index contributed by atoms with van der Waals surface area (Å²) in [7, 11) is 0. The molecule has 0 radical (unpaired) electrons. The Morgan fingerprint density at radius 2 is 2.35 bits per heavy atom. The van der Waals surface area contributed by atoms with Crippen molar-refractivity contribution in [3.8, 4) is 0 Å². The van der Waals surface area contributed by atoms with Gasteiger partial charge in [-0.1, -0.05) is 0 Å². The van der Waals surface area contributed by atoms with Crippen LogP contribution in [0.4, 0.5) is 5.13 Å². The number of rotatable bonds is 4. The lowest BCUT2D eigenvalue weighted by molar-refractivity contribution is -0.0553. The summed E-state index contributed by atoms with van der Waals surface area (Å²) in [5, 5.41) is 4.20. The van der Waals surface area contributed by atoms with Gasteiger partial charge in [-0.15, -0.1) is 11.3 Å². The summed E-state index contributed by atoms with van der Waals surface area (Å²) in [6, 6.07) is 0.333. The van der Waals surface area contributed by atoms with Crippen LogP contribution in [-0.4, -0.2) is 35.8 Å². The van der Waals surface area contributed by atoms with E-state index in [1.165, 1.54) is 11.3 Å². The van der Waals surface area contributed by atoms with Gasteiger partial charge >= 0.3 is 5.97 Å². The molecule has 1 aliphatic heterocycles. The molecule has 0 aliphatic carbocycles. The molecule has 0 spiro atoms. The Balaban J connectivity index is 2.03. The number of nitrogens with zero attached hydrogens (tertiary/aromatic N) is 1. The fraction of sp³-hybridized carbons (Fsp3) is 0.714. The van der Waals surface area contributed by atoms with Crippen LogP contribution in [0.2, 0.25) is 0 Å². The number of nitrogens with one attached hydrogen (secondary N) is 1. The van der Waals surface area contributed by atoms with E-state index in [2.05, 4.69) is 24.1 Å². The first-order valence-corrected chi connectivity index (χ1v) is 7.78. The van der Waals surface area contributed by atoms with Crippen LogP contribution < -0.4 is 5.32 Å². The number of hydrogen-bond acceptors (Lipinski definition) is 6. The summed E-state index contributed by atoms with van der Waals surface area (Å²) >= 11 is 1.50. The van der Waals surface area contributed by atoms with E-state index >= 15 is 0 Å². The molecule has 20 heavy (non-hydrogen) atoms. The summed E-state index contributed by atoms with van der Waals surface area (Å²) in [5.74, 6) is -0.346. The third-order valence-electron chi connectivity index (χ3n) is 3.29. The third-order valence-corrected chi connectivity index (χ3v) is 4.19. The van der Waals surface area contributed by atoms with Gasteiger partial charge in [-0.3, -0.25) is 0 Å². The van der Waals surface area contributed by atoms with Crippen molar-refractivity contribution >= 4 is 22.4 Å². The van der Waals surface area contributed by atoms with Crippen LogP contribution >= 0.6 is 11.3 Å². The second-order valence-electron chi connectivity index (χ2n) is 5.59. The molecular formula is C14H22N2O3S. The van der Waals surface area contributed by atoms with Gasteiger partial charge in [-0.25, -0.2) is 9.78 Å². The number of aryl methyl sites for hydroxylation is 1. The predicted octanol–water partition coefficient (Wildman–Crippen LogP) is 3.00. The highest BCUT2D eigenvalue weighted by Crippen LogP contribution is 2.29. The lowest BCUT2D eigenvalue weighted by atomic mass is 9.94. The standard InChI is InChI=1S/C14H22N2O3S/c1-5-18-12(17)11-9(2)20-13(16-11)15-10-6-7-19-14(3,4)8-10/h10H,5-8H2,1-4H3,(H,15,16). The van der Waals surface area contributed by atoms with E-state index in [0.29, 0.717) is 18.3 Å². The molecule has 5 nitrogen and oxygen atoms in total. The maximum atomic E-state index is 11.7. The Morgan fingerprint density at radius 3 is 3.00 bits per heavy atom. The number of aromatic nitrogens is 1. The number of anilines is 1. The molecule has 6 heteroatoms. The molecule has 1 unspecified atom stereocenters. The van der Waals surface area contributed by atoms with Crippen LogP contribution in [-0.2, 0) is 9.47 Å². The summed E-state index contributed by atoms with van der Waals surface area (Å²) in [4.78, 5) is 17.0. The smallest absolute Gasteiger partial charge is 0.358 e. The molecule has 0 aromatic carbocycles. The summed E-state index contributed by atoms with van der Waals surface area (Å²) in [6.07, 6.45) is 1.89. The number of carbonyl (C=O) groups excluding carboxylic acids is 1. The SMILES string of the molecule is CCOC(=O)c1nc(NC2CCOC(C)(C)C2)sc1C. The lowest BCUT2D eigenvalue weighted by Gasteiger charge is -2.35. The minimum absolute atomic E-state index is 0.105. The third kappa shape index (κ3) is 3.70. The highest BCUT2D eigenvalue weighted by Gasteiger charge is 2.29. The zero-order chi connectivity index (χ0) is 14.8. The van der Waals surface area contributed by atoms with Crippen molar-refractivity contribution in [2.45, 2.75) is 52.2 Å². The van der Waals surface area contributed by atoms with Gasteiger partial charge in [0.15, 0.2) is 10.8 Å². The van der Waals surface area contributed by atoms with Gasteiger partial charge in [0.1, 0.15) is 0 Å². The largest absolute Gasteiger partial charge is 0.461 e. The Morgan fingerprint density at radius 1 is 1.60 bits per heavy atom. The topological polar surface area (TPSA) is 60.5 Å². The van der Waals surface area contributed by atoms with E-state index < -0.39 is 0 Å². The molecule has 0 amide bonds. The number of hydrogen-bond donors (Lipinski definition) is 1. The van der Waals surface area contributed by atoms with Gasteiger partial charge in [0, 0.05) is 17.5 Å². The maximum absolute atomic E-state index is 11.7. The molecule has 1 aliphatic rings. The van der Waals surface area contributed by atoms with Gasteiger partial charge < -0.3 is 14.8 Å². The number of carbonyl (C=O) groups is 1. The van der Waals surface area contributed by atoms with E-state index in [0.717, 1.165) is 29.5 Å². The Bertz CT molecular complexity index is 485. The predicted molar refractivity (Wildman–Crippen MR) is 79.5 cm³/mol. The van der Waals surface area contributed by atoms with Gasteiger partial charge in [0.25, 0.3) is 0 Å². The van der Waals surface area contributed by atoms with E-state index in [9.17, 15) is 4.79 Å². The number of thiazole rings is 1. The summed E-state index contributed by atoms with van der Waals surface area (Å²) in [5.41, 5.74) is 0.317. The van der Waals surface area contributed by atoms with Crippen molar-refractivity contribution in [2.24, 2.45) is 0 Å². The lowest BCUT2D eigenvalue weighted by Crippen LogP contribution is -2.40. The van der Waals surface area contributed by atoms with Crippen molar-refractivity contribution in [3.63, 3.8) is 0 Å². The van der Waals surface area contributed by atoms with Crippen LogP contribution in [0.1, 0.15) is 49.0 Å². The first-order valence-electron chi connectivity index (χ1n) is 6.96. The van der Waals surface area contributed by atoms with E-state index in [-0.39, 0.29) is 11.6 Å². The van der Waals surface area contributed by atoms with Gasteiger partial charge in [-0.05, 0) is 40.5 Å². The van der Waals surface area contributed by atoms with Crippen LogP contribution in [0, 0.1) is 6.92 Å². The van der Waals surface area contributed by atoms with Crippen molar-refractivity contribution in [2.75, 3.05) is 18.5 Å². The van der Waals surface area contributed by atoms with Crippen LogP contribution in [0.25, 0.3) is 0 Å². The monoisotopic (exact) mass is 298 g/mol. The molecule has 2 heterocycles. The molecule has 1 aromatic heterocycles. The number of ether oxygens (including phenoxy) is 2. The molecule has 1 N–H and O–H groups in total. The Hall–Kier alpha value is -1.14. The average Bonchev–Trinajstić information content (AvgIpc) is 2.69. The maximum Gasteiger partial charge on any atom is 0.358 e. The fourth-order valence-electron chi connectivity index (χ4n) is 2.38. The average molecular weight is 298 g/mol. The first kappa shape index (κ1) is 15.3. The minimum atomic E-state index is -0.346. The van der Waals surface area contributed by atoms with E-state index in [4.69, 9.17) is 9.47 Å². The molecule has 1 atom stereocenters. The van der Waals surface area contributed by atoms with Crippen molar-refractivity contribution in [1.29, 1.82) is 0 Å². The molecule has 0 bridgehead atoms. The molecule has 2 rings (SSSR count). The van der Waals surface area contributed by atoms with Gasteiger partial charge in [0.05, 0.1) is 12.2 Å². The van der Waals surface area contributed by atoms with Crippen molar-refractivity contribution in [3.05, 3.63) is 10.6 Å². The van der Waals surface area contributed by atoms with Gasteiger partial charge in [0.2, 0.25) is 0 Å². The van der Waals surface area contributed by atoms with E-state index in [1.54, 1.807) is 6.92 Å². The highest BCUT2D eigenvalue weighted by molar-refractivity contribution is 7.15. The molecule has 112 valence electrons. The van der Waals surface area contributed by atoms with E-state index in [1.807, 2.05) is 6.92 Å². The fourth-order valence-corrected chi connectivity index (χ4v) is 3.25. The minimum Gasteiger partial charge on any atom is -0.461 e. The zero-order valence-corrected chi connectivity index (χ0v) is 13.3. The normalized spacial score (nSPS) is 21.5. The van der Waals surface area contributed by atoms with Crippen LogP contribution in [0.5, 0.6) is 0 Å². The quantitative estimate of drug-likeness (QED) is 0.866. The zero-order valence-electron chi connectivity index (χ0n) is 12.5. The first-order chi connectivity index (χ1) is 9.41. The molecule has 1 fully saturated rings. The number of esters is 1.